The smallest absolute Gasteiger partial charge is 0.250 e. The van der Waals surface area contributed by atoms with Crippen LogP contribution in [0, 0.1) is 0 Å². The van der Waals surface area contributed by atoms with E-state index in [1.807, 2.05) is 0 Å². The molecule has 32 heteroatoms. The molecule has 730 valence electrons. The van der Waals surface area contributed by atoms with Crippen molar-refractivity contribution in [3.8, 4) is 0 Å². The average molecular weight is 1890 g/mol. The summed E-state index contributed by atoms with van der Waals surface area (Å²) in [5.74, 6) is -4.25. The van der Waals surface area contributed by atoms with Crippen LogP contribution in [0.2, 0.25) is 0 Å². The van der Waals surface area contributed by atoms with E-state index < -0.39 is 41.7 Å². The van der Waals surface area contributed by atoms with Crippen molar-refractivity contribution in [2.75, 3.05) is 73.8 Å². The fourth-order valence-corrected chi connectivity index (χ4v) is 18.5. The molecule has 0 saturated carbocycles. The van der Waals surface area contributed by atoms with Crippen LogP contribution in [-0.2, 0) is 47.9 Å². The predicted octanol–water partition coefficient (Wildman–Crippen LogP) is 19.6. The van der Waals surface area contributed by atoms with Gasteiger partial charge in [-0.05, 0) is 128 Å². The number of carbonyl (C=O) groups is 10. The van der Waals surface area contributed by atoms with Crippen LogP contribution in [0.4, 0.5) is 0 Å². The van der Waals surface area contributed by atoms with Gasteiger partial charge in [-0.2, -0.15) is 15.3 Å². The predicted molar refractivity (Wildman–Crippen MR) is 546 cm³/mol. The molecule has 127 heavy (non-hydrogen) atoms. The topological polar surface area (TPSA) is 392 Å². The fraction of sp³-hybridized carbons (Fsp3) is 0.789. The van der Waals surface area contributed by atoms with Crippen molar-refractivity contribution in [2.24, 2.45) is 31.8 Å². The molecule has 14 N–H and O–H groups in total. The Hall–Kier alpha value is -5.70. The van der Waals surface area contributed by atoms with Crippen molar-refractivity contribution in [3.05, 3.63) is 36.5 Å². The number of nitrogens with zero attached hydrogens (tertiary/aromatic N) is 4. The molecule has 0 aromatic carbocycles. The summed E-state index contributed by atoms with van der Waals surface area (Å²) in [6.07, 6.45) is 85.7. The molecule has 0 bridgehead atoms. The molecule has 26 nitrogen and oxygen atoms in total. The molecule has 0 saturated heterocycles. The number of hydrazone groups is 3. The lowest BCUT2D eigenvalue weighted by Gasteiger charge is -2.21. The first-order valence-electron chi connectivity index (χ1n) is 49.2. The Balaban J connectivity index is 4.95. The highest BCUT2D eigenvalue weighted by molar-refractivity contribution is 8.77. The normalized spacial score (nSPS) is 12.1. The van der Waals surface area contributed by atoms with Crippen LogP contribution in [0.5, 0.6) is 0 Å². The zero-order valence-corrected chi connectivity index (χ0v) is 83.7. The van der Waals surface area contributed by atoms with Crippen molar-refractivity contribution in [1.29, 1.82) is 0 Å². The zero-order chi connectivity index (χ0) is 92.5. The molecule has 0 aliphatic heterocycles. The first-order chi connectivity index (χ1) is 62.1. The van der Waals surface area contributed by atoms with E-state index in [-0.39, 0.29) is 135 Å². The van der Waals surface area contributed by atoms with E-state index in [2.05, 4.69) is 131 Å². The zero-order valence-electron chi connectivity index (χ0n) is 78.8. The SMILES string of the molecule is CCCCCCCC/C=C\CCCCCCCCCCC/C=N\NC(=O)CSSCC(=O)NCCNC(=O)CC[C@H](N=C(N)N)C(=O)N[C@@H](CCC(=O)NCCNC(=O)CSSCC(=O)N/N=C\CCCCCCCCCCC/C=C\CCCCCCCC)C(=O)NCCNC(=O)CSSCC(=O)N/N=C\CCCCCCCCCCC/C=C\CCCCCCCC. The number of guanidine groups is 1. The van der Waals surface area contributed by atoms with Crippen LogP contribution >= 0.6 is 64.8 Å². The van der Waals surface area contributed by atoms with Gasteiger partial charge in [-0.1, -0.05) is 353 Å². The largest absolute Gasteiger partial charge is 0.370 e. The first kappa shape index (κ1) is 121. The summed E-state index contributed by atoms with van der Waals surface area (Å²) in [6, 6.07) is -2.65. The third kappa shape index (κ3) is 93.3. The van der Waals surface area contributed by atoms with Gasteiger partial charge in [0.1, 0.15) is 12.1 Å². The lowest BCUT2D eigenvalue weighted by atomic mass is 10.1. The number of unbranched alkanes of at least 4 members (excludes halogenated alkanes) is 48. The lowest BCUT2D eigenvalue weighted by Crippen LogP contribution is -2.51. The minimum absolute atomic E-state index is 0.0127. The number of hydrogen-bond donors (Lipinski definition) is 12. The molecule has 0 heterocycles. The Bertz CT molecular complexity index is 2950. The number of carbonyl (C=O) groups excluding carboxylic acids is 10. The van der Waals surface area contributed by atoms with Gasteiger partial charge < -0.3 is 48.7 Å². The second-order valence-corrected chi connectivity index (χ2v) is 40.1. The van der Waals surface area contributed by atoms with E-state index >= 15 is 0 Å². The van der Waals surface area contributed by atoms with E-state index in [9.17, 15) is 47.9 Å². The molecule has 10 amide bonds. The minimum atomic E-state index is -1.33. The lowest BCUT2D eigenvalue weighted by molar-refractivity contribution is -0.130. The molecule has 0 fully saturated rings. The molecule has 0 aliphatic rings. The summed E-state index contributed by atoms with van der Waals surface area (Å²) in [7, 11) is 7.25. The highest BCUT2D eigenvalue weighted by Gasteiger charge is 2.27. The van der Waals surface area contributed by atoms with Gasteiger partial charge in [-0.3, -0.25) is 47.9 Å². The van der Waals surface area contributed by atoms with Gasteiger partial charge in [-0.15, -0.1) is 0 Å². The standard InChI is InChI=1S/C95H174N16O10S6/c1-4-7-10-13-16-19-22-25-28-31-34-37-40-43-46-49-52-55-58-61-68-104-109-90(117)80-125-122-77-87(114)100-73-71-98-85(112)66-64-83(93(120)103-76-75-102-89(116)79-124-127-82-92(119)111-106-70-63-60-57-54-51-48-45-42-39-36-33-30-27-24-21-18-15-12-9-6-3)107-94(121)84(108-95(96)97)65-67-86(113)99-72-74-101-88(115)78-123-126-81-91(118)110-105-69-62-59-56-53-50-47-44-41-38-35-32-29-26-23-20-17-14-11-8-5-2/h25-30,68-70,83-84H,4-24,31-67,71-82H2,1-3H3,(H,98,112)(H,99,113)(H,100,114)(H,101,115)(H,102,116)(H,103,120)(H,107,121)(H,109,117)(H,110,118)(H,111,119)(H4,96,97,108)/b28-25-,29-26-,30-27-,104-68-,105-69-,106-70-/t83-,84-/m0/s1. The molecule has 0 aliphatic carbocycles. The minimum Gasteiger partial charge on any atom is -0.370 e. The van der Waals surface area contributed by atoms with E-state index in [0.29, 0.717) is 0 Å². The molecule has 0 aromatic heterocycles. The third-order valence-electron chi connectivity index (χ3n) is 20.8. The maximum absolute atomic E-state index is 13.9. The molecule has 0 unspecified atom stereocenters. The van der Waals surface area contributed by atoms with Crippen molar-refractivity contribution >= 4 is 148 Å². The Labute approximate surface area is 791 Å². The van der Waals surface area contributed by atoms with Crippen molar-refractivity contribution < 1.29 is 47.9 Å². The van der Waals surface area contributed by atoms with Crippen molar-refractivity contribution in [3.63, 3.8) is 0 Å². The van der Waals surface area contributed by atoms with E-state index in [1.165, 1.54) is 354 Å². The Morgan fingerprint density at radius 2 is 0.480 bits per heavy atom. The number of nitrogens with two attached hydrogens (primary N) is 2. The van der Waals surface area contributed by atoms with Gasteiger partial charge in [0.25, 0.3) is 17.7 Å². The van der Waals surface area contributed by atoms with Gasteiger partial charge in [0.05, 0.1) is 34.5 Å². The molecule has 0 radical (unpaired) electrons. The summed E-state index contributed by atoms with van der Waals surface area (Å²) in [5, 5.41) is 31.1. The van der Waals surface area contributed by atoms with Crippen molar-refractivity contribution in [2.45, 2.75) is 405 Å². The summed E-state index contributed by atoms with van der Waals surface area (Å²) in [6.45, 7) is 7.05. The summed E-state index contributed by atoms with van der Waals surface area (Å²) >= 11 is 0. The number of nitrogens with one attached hydrogen (secondary N) is 10. The van der Waals surface area contributed by atoms with Gasteiger partial charge in [0, 0.05) is 70.8 Å². The summed E-state index contributed by atoms with van der Waals surface area (Å²) in [4.78, 5) is 133. The maximum Gasteiger partial charge on any atom is 0.250 e. The van der Waals surface area contributed by atoms with E-state index in [0.717, 1.165) is 57.8 Å². The number of rotatable bonds is 94. The van der Waals surface area contributed by atoms with Gasteiger partial charge in [0.2, 0.25) is 41.4 Å². The number of allylic oxidation sites excluding steroid dienone is 6. The van der Waals surface area contributed by atoms with Gasteiger partial charge >= 0.3 is 0 Å². The molecule has 2 atom stereocenters. The van der Waals surface area contributed by atoms with Gasteiger partial charge in [0.15, 0.2) is 5.96 Å². The molecule has 0 rings (SSSR count). The molecular weight excluding hydrogens is 1720 g/mol. The van der Waals surface area contributed by atoms with Crippen LogP contribution < -0.4 is 65.0 Å². The van der Waals surface area contributed by atoms with Crippen LogP contribution in [0.3, 0.4) is 0 Å². The maximum atomic E-state index is 13.9. The van der Waals surface area contributed by atoms with E-state index in [4.69, 9.17) is 11.5 Å². The molecular formula is C95H174N16O10S6. The fourth-order valence-electron chi connectivity index (χ4n) is 13.4. The summed E-state index contributed by atoms with van der Waals surface area (Å²) < 4.78 is 0. The Morgan fingerprint density at radius 1 is 0.260 bits per heavy atom. The highest BCUT2D eigenvalue weighted by atomic mass is 33.1. The second kappa shape index (κ2) is 97.8. The van der Waals surface area contributed by atoms with E-state index in [1.54, 1.807) is 18.6 Å². The van der Waals surface area contributed by atoms with Crippen LogP contribution in [0.1, 0.15) is 393 Å². The monoisotopic (exact) mass is 1890 g/mol. The second-order valence-electron chi connectivity index (χ2n) is 32.7. The highest BCUT2D eigenvalue weighted by Crippen LogP contribution is 2.23. The number of hydrogen-bond acceptors (Lipinski definition) is 20. The molecule has 0 aromatic rings. The average Bonchev–Trinajstić information content (AvgIpc) is 0.881. The van der Waals surface area contributed by atoms with Crippen LogP contribution in [0.15, 0.2) is 56.8 Å². The Morgan fingerprint density at radius 3 is 0.740 bits per heavy atom. The van der Waals surface area contributed by atoms with Crippen molar-refractivity contribution in [1.82, 2.24) is 53.5 Å². The quantitative estimate of drug-likeness (QED) is 0.00672. The summed E-state index contributed by atoms with van der Waals surface area (Å²) in [5.41, 5.74) is 19.1. The number of amides is 10. The first-order valence-corrected chi connectivity index (χ1v) is 56.7. The Kier molecular flexibility index (Phi) is 93.4. The van der Waals surface area contributed by atoms with Gasteiger partial charge in [-0.25, -0.2) is 21.3 Å². The molecule has 0 spiro atoms. The third-order valence-corrected chi connectivity index (χ3v) is 27.2. The van der Waals surface area contributed by atoms with Crippen LogP contribution in [0.25, 0.3) is 0 Å². The van der Waals surface area contributed by atoms with Crippen LogP contribution in [-0.4, -0.2) is 170 Å². The number of aliphatic imine (C=N–C) groups is 1.